The predicted octanol–water partition coefficient (Wildman–Crippen LogP) is 2.92. The topological polar surface area (TPSA) is 19.4 Å². The van der Waals surface area contributed by atoms with Gasteiger partial charge in [0.05, 0.1) is 0 Å². The molecule has 5 heteroatoms. The van der Waals surface area contributed by atoms with Gasteiger partial charge in [-0.05, 0) is 19.0 Å². The molecule has 1 aliphatic rings. The summed E-state index contributed by atoms with van der Waals surface area (Å²) in [6.07, 6.45) is 3.01. The molecule has 0 bridgehead atoms. The minimum absolute atomic E-state index is 0.455. The summed E-state index contributed by atoms with van der Waals surface area (Å²) in [7, 11) is 0. The number of hydrogen-bond acceptors (Lipinski definition) is 3. The summed E-state index contributed by atoms with van der Waals surface area (Å²) >= 11 is 12.0. The second-order valence-corrected chi connectivity index (χ2v) is 5.51. The zero-order valence-electron chi connectivity index (χ0n) is 10.7. The molecule has 0 amide bonds. The molecule has 2 heterocycles. The molecule has 0 radical (unpaired) electrons. The van der Waals surface area contributed by atoms with Crippen LogP contribution in [0.1, 0.15) is 18.9 Å². The van der Waals surface area contributed by atoms with Crippen LogP contribution < -0.4 is 0 Å². The van der Waals surface area contributed by atoms with Crippen LogP contribution in [0.15, 0.2) is 12.3 Å². The van der Waals surface area contributed by atoms with Crippen molar-refractivity contribution in [2.45, 2.75) is 19.9 Å². The van der Waals surface area contributed by atoms with Gasteiger partial charge in [0.2, 0.25) is 0 Å². The van der Waals surface area contributed by atoms with Gasteiger partial charge in [0.25, 0.3) is 0 Å². The minimum atomic E-state index is 0.455. The molecular formula is C13H19Cl2N3. The second kappa shape index (κ2) is 6.71. The maximum Gasteiger partial charge on any atom is 0.130 e. The summed E-state index contributed by atoms with van der Waals surface area (Å²) in [5.74, 6) is 0. The molecule has 1 aliphatic heterocycles. The summed E-state index contributed by atoms with van der Waals surface area (Å²) in [6, 6.07) is 1.71. The highest BCUT2D eigenvalue weighted by molar-refractivity contribution is 6.34. The highest BCUT2D eigenvalue weighted by Crippen LogP contribution is 2.20. The average Bonchev–Trinajstić information content (AvgIpc) is 2.35. The van der Waals surface area contributed by atoms with Gasteiger partial charge in [-0.1, -0.05) is 30.1 Å². The van der Waals surface area contributed by atoms with E-state index in [1.165, 1.54) is 13.0 Å². The Morgan fingerprint density at radius 2 is 1.83 bits per heavy atom. The largest absolute Gasteiger partial charge is 0.301 e. The van der Waals surface area contributed by atoms with Crippen LogP contribution in [0, 0.1) is 0 Å². The molecule has 0 N–H and O–H groups in total. The summed E-state index contributed by atoms with van der Waals surface area (Å²) in [5, 5.41) is 1.17. The molecule has 1 fully saturated rings. The van der Waals surface area contributed by atoms with Crippen molar-refractivity contribution in [3.8, 4) is 0 Å². The molecule has 1 aromatic rings. The lowest BCUT2D eigenvalue weighted by molar-refractivity contribution is 0.127. The van der Waals surface area contributed by atoms with E-state index in [2.05, 4.69) is 21.7 Å². The summed E-state index contributed by atoms with van der Waals surface area (Å²) in [4.78, 5) is 9.03. The molecular weight excluding hydrogens is 269 g/mol. The van der Waals surface area contributed by atoms with Crippen molar-refractivity contribution < 1.29 is 0 Å². The first-order valence-corrected chi connectivity index (χ1v) is 7.19. The van der Waals surface area contributed by atoms with Crippen LogP contribution in [0.5, 0.6) is 0 Å². The Bertz CT molecular complexity index is 390. The van der Waals surface area contributed by atoms with E-state index < -0.39 is 0 Å². The molecule has 0 atom stereocenters. The predicted molar refractivity (Wildman–Crippen MR) is 76.3 cm³/mol. The third-order valence-electron chi connectivity index (χ3n) is 3.30. The van der Waals surface area contributed by atoms with Crippen molar-refractivity contribution in [2.75, 3.05) is 32.7 Å². The molecule has 3 nitrogen and oxygen atoms in total. The van der Waals surface area contributed by atoms with Gasteiger partial charge in [0.15, 0.2) is 0 Å². The highest BCUT2D eigenvalue weighted by atomic mass is 35.5. The average molecular weight is 288 g/mol. The van der Waals surface area contributed by atoms with Gasteiger partial charge in [0, 0.05) is 49.5 Å². The van der Waals surface area contributed by atoms with E-state index in [4.69, 9.17) is 23.2 Å². The van der Waals surface area contributed by atoms with E-state index >= 15 is 0 Å². The molecule has 0 aromatic carbocycles. The highest BCUT2D eigenvalue weighted by Gasteiger charge is 2.17. The lowest BCUT2D eigenvalue weighted by Gasteiger charge is -2.34. The van der Waals surface area contributed by atoms with Crippen molar-refractivity contribution in [2.24, 2.45) is 0 Å². The first kappa shape index (κ1) is 14.1. The molecule has 18 heavy (non-hydrogen) atoms. The Labute approximate surface area is 119 Å². The van der Waals surface area contributed by atoms with Crippen LogP contribution in [0.3, 0.4) is 0 Å². The molecule has 100 valence electrons. The van der Waals surface area contributed by atoms with Crippen LogP contribution in [0.2, 0.25) is 10.2 Å². The summed E-state index contributed by atoms with van der Waals surface area (Å²) in [5.41, 5.74) is 1.06. The first-order chi connectivity index (χ1) is 8.69. The van der Waals surface area contributed by atoms with Crippen molar-refractivity contribution >= 4 is 23.2 Å². The Hall–Kier alpha value is -0.350. The van der Waals surface area contributed by atoms with Gasteiger partial charge in [-0.3, -0.25) is 4.90 Å². The van der Waals surface area contributed by atoms with E-state index in [1.807, 2.05) is 0 Å². The van der Waals surface area contributed by atoms with E-state index in [0.717, 1.165) is 38.3 Å². The third kappa shape index (κ3) is 3.82. The van der Waals surface area contributed by atoms with Crippen molar-refractivity contribution in [3.63, 3.8) is 0 Å². The standard InChI is InChI=1S/C13H19Cl2N3/c1-2-3-17-4-6-18(7-5-17)10-11-9-16-13(15)8-12(11)14/h8-9H,2-7,10H2,1H3. The van der Waals surface area contributed by atoms with Gasteiger partial charge < -0.3 is 4.90 Å². The molecule has 0 spiro atoms. The number of aromatic nitrogens is 1. The van der Waals surface area contributed by atoms with Gasteiger partial charge in [-0.15, -0.1) is 0 Å². The lowest BCUT2D eigenvalue weighted by atomic mass is 10.2. The number of hydrogen-bond donors (Lipinski definition) is 0. The first-order valence-electron chi connectivity index (χ1n) is 6.43. The Kier molecular flexibility index (Phi) is 5.25. The third-order valence-corrected chi connectivity index (χ3v) is 3.85. The SMILES string of the molecule is CCCN1CCN(Cc2cnc(Cl)cc2Cl)CC1. The van der Waals surface area contributed by atoms with Crippen LogP contribution in [0.4, 0.5) is 0 Å². The Balaban J connectivity index is 1.87. The summed E-state index contributed by atoms with van der Waals surface area (Å²) in [6.45, 7) is 8.78. The number of nitrogens with zero attached hydrogens (tertiary/aromatic N) is 3. The fourth-order valence-corrected chi connectivity index (χ4v) is 2.71. The fraction of sp³-hybridized carbons (Fsp3) is 0.615. The van der Waals surface area contributed by atoms with Gasteiger partial charge in [0.1, 0.15) is 5.15 Å². The zero-order valence-corrected chi connectivity index (χ0v) is 12.2. The second-order valence-electron chi connectivity index (χ2n) is 4.72. The van der Waals surface area contributed by atoms with Crippen LogP contribution >= 0.6 is 23.2 Å². The number of pyridine rings is 1. The Morgan fingerprint density at radius 1 is 1.17 bits per heavy atom. The molecule has 1 aromatic heterocycles. The van der Waals surface area contributed by atoms with Gasteiger partial charge >= 0.3 is 0 Å². The van der Waals surface area contributed by atoms with Crippen LogP contribution in [-0.4, -0.2) is 47.5 Å². The zero-order chi connectivity index (χ0) is 13.0. The van der Waals surface area contributed by atoms with Crippen molar-refractivity contribution in [3.05, 3.63) is 28.0 Å². The minimum Gasteiger partial charge on any atom is -0.301 e. The maximum atomic E-state index is 6.17. The van der Waals surface area contributed by atoms with E-state index in [-0.39, 0.29) is 0 Å². The number of piperazine rings is 1. The summed E-state index contributed by atoms with van der Waals surface area (Å²) < 4.78 is 0. The van der Waals surface area contributed by atoms with Crippen molar-refractivity contribution in [1.82, 2.24) is 14.8 Å². The fourth-order valence-electron chi connectivity index (χ4n) is 2.28. The molecule has 0 unspecified atom stereocenters. The lowest BCUT2D eigenvalue weighted by Crippen LogP contribution is -2.46. The molecule has 0 aliphatic carbocycles. The number of rotatable bonds is 4. The van der Waals surface area contributed by atoms with Crippen molar-refractivity contribution in [1.29, 1.82) is 0 Å². The smallest absolute Gasteiger partial charge is 0.130 e. The monoisotopic (exact) mass is 287 g/mol. The van der Waals surface area contributed by atoms with E-state index in [0.29, 0.717) is 10.2 Å². The van der Waals surface area contributed by atoms with Gasteiger partial charge in [-0.2, -0.15) is 0 Å². The molecule has 0 saturated carbocycles. The Morgan fingerprint density at radius 3 is 2.44 bits per heavy atom. The quantitative estimate of drug-likeness (QED) is 0.794. The number of halogens is 2. The molecule has 1 saturated heterocycles. The van der Waals surface area contributed by atoms with Crippen LogP contribution in [0.25, 0.3) is 0 Å². The normalized spacial score (nSPS) is 18.2. The van der Waals surface area contributed by atoms with E-state index in [1.54, 1.807) is 12.3 Å². The van der Waals surface area contributed by atoms with Crippen LogP contribution in [-0.2, 0) is 6.54 Å². The van der Waals surface area contributed by atoms with E-state index in [9.17, 15) is 0 Å². The van der Waals surface area contributed by atoms with Gasteiger partial charge in [-0.25, -0.2) is 4.98 Å². The molecule has 2 rings (SSSR count). The maximum absolute atomic E-state index is 6.17.